The van der Waals surface area contributed by atoms with Crippen LogP contribution in [0.5, 0.6) is 0 Å². The van der Waals surface area contributed by atoms with E-state index in [-0.39, 0.29) is 18.5 Å². The number of hydrogen-bond acceptors (Lipinski definition) is 3. The van der Waals surface area contributed by atoms with Gasteiger partial charge < -0.3 is 15.0 Å². The van der Waals surface area contributed by atoms with Gasteiger partial charge in [-0.15, -0.1) is 12.4 Å². The van der Waals surface area contributed by atoms with Crippen LogP contribution in [-0.4, -0.2) is 50.2 Å². The average molecular weight is 291 g/mol. The molecule has 5 heteroatoms. The Kier molecular flexibility index (Phi) is 7.11. The number of nitrogens with zero attached hydrogens (tertiary/aromatic N) is 1. The minimum absolute atomic E-state index is 0. The van der Waals surface area contributed by atoms with Crippen LogP contribution >= 0.6 is 12.4 Å². The van der Waals surface area contributed by atoms with Crippen LogP contribution in [0.1, 0.15) is 32.6 Å². The Morgan fingerprint density at radius 1 is 1.42 bits per heavy atom. The minimum Gasteiger partial charge on any atom is -0.379 e. The smallest absolute Gasteiger partial charge is 0.222 e. The number of rotatable bonds is 4. The molecule has 3 unspecified atom stereocenters. The van der Waals surface area contributed by atoms with E-state index in [2.05, 4.69) is 12.2 Å². The fourth-order valence-electron chi connectivity index (χ4n) is 3.01. The van der Waals surface area contributed by atoms with Crippen LogP contribution in [0.3, 0.4) is 0 Å². The topological polar surface area (TPSA) is 41.6 Å². The van der Waals surface area contributed by atoms with Crippen molar-refractivity contribution >= 4 is 18.3 Å². The molecular formula is C14H27ClN2O2. The molecule has 1 N–H and O–H groups in total. The van der Waals surface area contributed by atoms with Gasteiger partial charge in [-0.25, -0.2) is 0 Å². The molecule has 0 bridgehead atoms. The number of piperidine rings is 1. The zero-order valence-corrected chi connectivity index (χ0v) is 12.9. The van der Waals surface area contributed by atoms with E-state index in [0.29, 0.717) is 24.2 Å². The quantitative estimate of drug-likeness (QED) is 0.856. The van der Waals surface area contributed by atoms with Gasteiger partial charge in [0, 0.05) is 26.6 Å². The molecular weight excluding hydrogens is 264 g/mol. The molecule has 0 aromatic carbocycles. The number of carbonyl (C=O) groups excluding carboxylic acids is 1. The van der Waals surface area contributed by atoms with Crippen molar-refractivity contribution in [1.29, 1.82) is 0 Å². The van der Waals surface area contributed by atoms with Gasteiger partial charge in [-0.2, -0.15) is 0 Å². The normalized spacial score (nSPS) is 31.1. The van der Waals surface area contributed by atoms with Crippen LogP contribution in [-0.2, 0) is 9.53 Å². The van der Waals surface area contributed by atoms with Crippen LogP contribution in [0, 0.1) is 11.8 Å². The van der Waals surface area contributed by atoms with E-state index in [1.165, 1.54) is 6.42 Å². The molecule has 0 spiro atoms. The van der Waals surface area contributed by atoms with Gasteiger partial charge in [0.25, 0.3) is 0 Å². The van der Waals surface area contributed by atoms with Crippen molar-refractivity contribution in [2.45, 2.75) is 38.7 Å². The third kappa shape index (κ3) is 4.62. The van der Waals surface area contributed by atoms with Crippen molar-refractivity contribution in [3.8, 4) is 0 Å². The summed E-state index contributed by atoms with van der Waals surface area (Å²) in [6.07, 6.45) is 4.25. The lowest BCUT2D eigenvalue weighted by molar-refractivity contribution is -0.136. The van der Waals surface area contributed by atoms with Gasteiger partial charge in [-0.3, -0.25) is 4.79 Å². The van der Waals surface area contributed by atoms with Crippen molar-refractivity contribution in [1.82, 2.24) is 10.2 Å². The first-order chi connectivity index (χ1) is 8.70. The molecule has 112 valence electrons. The summed E-state index contributed by atoms with van der Waals surface area (Å²) in [5.74, 6) is 1.59. The second kappa shape index (κ2) is 8.08. The fourth-order valence-corrected chi connectivity index (χ4v) is 3.01. The molecule has 1 amide bonds. The summed E-state index contributed by atoms with van der Waals surface area (Å²) in [6.45, 7) is 6.10. The molecule has 2 rings (SSSR count). The van der Waals surface area contributed by atoms with E-state index in [9.17, 15) is 4.79 Å². The van der Waals surface area contributed by atoms with Gasteiger partial charge >= 0.3 is 0 Å². The average Bonchev–Trinajstić information content (AvgIpc) is 2.89. The summed E-state index contributed by atoms with van der Waals surface area (Å²) in [7, 11) is 1.75. The molecule has 2 aliphatic rings. The van der Waals surface area contributed by atoms with Crippen LogP contribution in [0.25, 0.3) is 0 Å². The summed E-state index contributed by atoms with van der Waals surface area (Å²) in [5.41, 5.74) is 0. The minimum atomic E-state index is 0. The van der Waals surface area contributed by atoms with E-state index in [0.717, 1.165) is 39.0 Å². The summed E-state index contributed by atoms with van der Waals surface area (Å²) in [4.78, 5) is 14.2. The summed E-state index contributed by atoms with van der Waals surface area (Å²) in [6, 6.07) is 0. The first-order valence-electron chi connectivity index (χ1n) is 7.22. The maximum absolute atomic E-state index is 12.2. The molecule has 0 radical (unpaired) electrons. The molecule has 3 atom stereocenters. The lowest BCUT2D eigenvalue weighted by Gasteiger charge is -2.36. The zero-order chi connectivity index (χ0) is 13.0. The van der Waals surface area contributed by atoms with E-state index in [1.807, 2.05) is 4.90 Å². The Labute approximate surface area is 122 Å². The molecule has 2 aliphatic heterocycles. The molecule has 2 fully saturated rings. The summed E-state index contributed by atoms with van der Waals surface area (Å²) < 4.78 is 5.46. The Hall–Kier alpha value is -0.320. The van der Waals surface area contributed by atoms with Crippen LogP contribution in [0.2, 0.25) is 0 Å². The summed E-state index contributed by atoms with van der Waals surface area (Å²) in [5, 5.41) is 3.35. The Balaban J connectivity index is 0.00000180. The van der Waals surface area contributed by atoms with Crippen molar-refractivity contribution in [2.75, 3.05) is 33.3 Å². The van der Waals surface area contributed by atoms with Crippen molar-refractivity contribution in [3.05, 3.63) is 0 Å². The maximum atomic E-state index is 12.2. The number of methoxy groups -OCH3 is 1. The fraction of sp³-hybridized carbons (Fsp3) is 0.929. The van der Waals surface area contributed by atoms with Gasteiger partial charge in [0.05, 0.1) is 6.10 Å². The van der Waals surface area contributed by atoms with E-state index in [4.69, 9.17) is 4.74 Å². The van der Waals surface area contributed by atoms with Gasteiger partial charge in [-0.05, 0) is 44.2 Å². The molecule has 0 saturated carbocycles. The second-order valence-electron chi connectivity index (χ2n) is 5.78. The van der Waals surface area contributed by atoms with Gasteiger partial charge in [-0.1, -0.05) is 6.92 Å². The molecule has 2 saturated heterocycles. The SMILES string of the molecule is COC1CN(C(=O)CCC2CCNC2)CCC1C.Cl. The molecule has 0 aliphatic carbocycles. The standard InChI is InChI=1S/C14H26N2O2.ClH/c1-11-6-8-16(10-13(11)18-2)14(17)4-3-12-5-7-15-9-12;/h11-13,15H,3-10H2,1-2H3;1H. The third-order valence-corrected chi connectivity index (χ3v) is 4.47. The Bertz CT molecular complexity index is 283. The molecule has 0 aromatic heterocycles. The number of halogens is 1. The predicted octanol–water partition coefficient (Wildman–Crippen LogP) is 1.68. The molecule has 4 nitrogen and oxygen atoms in total. The monoisotopic (exact) mass is 290 g/mol. The van der Waals surface area contributed by atoms with E-state index < -0.39 is 0 Å². The number of likely N-dealkylation sites (tertiary alicyclic amines) is 1. The molecule has 2 heterocycles. The third-order valence-electron chi connectivity index (χ3n) is 4.47. The number of nitrogens with one attached hydrogen (secondary N) is 1. The van der Waals surface area contributed by atoms with Crippen LogP contribution < -0.4 is 5.32 Å². The van der Waals surface area contributed by atoms with E-state index >= 15 is 0 Å². The second-order valence-corrected chi connectivity index (χ2v) is 5.78. The highest BCUT2D eigenvalue weighted by atomic mass is 35.5. The lowest BCUT2D eigenvalue weighted by atomic mass is 9.95. The highest BCUT2D eigenvalue weighted by molar-refractivity contribution is 5.85. The Morgan fingerprint density at radius 2 is 2.21 bits per heavy atom. The first kappa shape index (κ1) is 16.7. The largest absolute Gasteiger partial charge is 0.379 e. The predicted molar refractivity (Wildman–Crippen MR) is 78.6 cm³/mol. The van der Waals surface area contributed by atoms with Gasteiger partial charge in [0.2, 0.25) is 5.91 Å². The highest BCUT2D eigenvalue weighted by Gasteiger charge is 2.28. The maximum Gasteiger partial charge on any atom is 0.222 e. The zero-order valence-electron chi connectivity index (χ0n) is 12.1. The number of carbonyl (C=O) groups is 1. The number of amides is 1. The highest BCUT2D eigenvalue weighted by Crippen LogP contribution is 2.21. The van der Waals surface area contributed by atoms with Crippen molar-refractivity contribution in [2.24, 2.45) is 11.8 Å². The molecule has 0 aromatic rings. The van der Waals surface area contributed by atoms with E-state index in [1.54, 1.807) is 7.11 Å². The number of hydrogen-bond donors (Lipinski definition) is 1. The van der Waals surface area contributed by atoms with Crippen molar-refractivity contribution in [3.63, 3.8) is 0 Å². The number of ether oxygens (including phenoxy) is 1. The van der Waals surface area contributed by atoms with Crippen molar-refractivity contribution < 1.29 is 9.53 Å². The van der Waals surface area contributed by atoms with Gasteiger partial charge in [0.1, 0.15) is 0 Å². The van der Waals surface area contributed by atoms with Gasteiger partial charge in [0.15, 0.2) is 0 Å². The first-order valence-corrected chi connectivity index (χ1v) is 7.22. The summed E-state index contributed by atoms with van der Waals surface area (Å²) >= 11 is 0. The Morgan fingerprint density at radius 3 is 2.84 bits per heavy atom. The molecule has 19 heavy (non-hydrogen) atoms. The van der Waals surface area contributed by atoms with Crippen LogP contribution in [0.15, 0.2) is 0 Å². The lowest BCUT2D eigenvalue weighted by Crippen LogP contribution is -2.46. The van der Waals surface area contributed by atoms with Crippen LogP contribution in [0.4, 0.5) is 0 Å².